The Morgan fingerprint density at radius 2 is 2.15 bits per heavy atom. The molecule has 1 heterocycles. The monoisotopic (exact) mass is 340 g/mol. The first-order chi connectivity index (χ1) is 8.94. The van der Waals surface area contributed by atoms with Crippen LogP contribution in [0.25, 0.3) is 0 Å². The molecule has 1 aliphatic rings. The third kappa shape index (κ3) is 3.77. The maximum absolute atomic E-state index is 12.3. The van der Waals surface area contributed by atoms with Gasteiger partial charge in [0.05, 0.1) is 17.0 Å². The van der Waals surface area contributed by atoms with E-state index in [1.807, 2.05) is 0 Å². The highest BCUT2D eigenvalue weighted by Crippen LogP contribution is 2.30. The second kappa shape index (κ2) is 6.95. The Labute approximate surface area is 130 Å². The average molecular weight is 341 g/mol. The van der Waals surface area contributed by atoms with Crippen molar-refractivity contribution in [2.75, 3.05) is 20.2 Å². The zero-order valence-corrected chi connectivity index (χ0v) is 13.7. The van der Waals surface area contributed by atoms with E-state index in [9.17, 15) is 8.42 Å². The van der Waals surface area contributed by atoms with E-state index in [0.717, 1.165) is 13.0 Å². The van der Waals surface area contributed by atoms with Crippen molar-refractivity contribution in [2.24, 2.45) is 0 Å². The standard InChI is InChI=1S/C12H17ClN2O3S.ClH/c1-8-5-11(18-2)10(13)6-12(8)19(16,17)15-9-3-4-14-7-9;/h5-6,9,14-15H,3-4,7H2,1-2H3;1H. The van der Waals surface area contributed by atoms with Crippen LogP contribution in [-0.2, 0) is 10.0 Å². The van der Waals surface area contributed by atoms with Crippen molar-refractivity contribution in [3.63, 3.8) is 0 Å². The van der Waals surface area contributed by atoms with Crippen LogP contribution in [0.3, 0.4) is 0 Å². The molecule has 0 radical (unpaired) electrons. The third-order valence-electron chi connectivity index (χ3n) is 3.12. The van der Waals surface area contributed by atoms with E-state index in [1.54, 1.807) is 13.0 Å². The van der Waals surface area contributed by atoms with Crippen molar-refractivity contribution in [3.8, 4) is 5.75 Å². The van der Waals surface area contributed by atoms with Crippen LogP contribution in [-0.4, -0.2) is 34.7 Å². The van der Waals surface area contributed by atoms with Crippen LogP contribution in [0.4, 0.5) is 0 Å². The molecule has 0 aliphatic carbocycles. The van der Waals surface area contributed by atoms with Gasteiger partial charge in [-0.2, -0.15) is 0 Å². The molecule has 1 aromatic rings. The molecule has 0 bridgehead atoms. The molecule has 0 amide bonds. The quantitative estimate of drug-likeness (QED) is 0.875. The lowest BCUT2D eigenvalue weighted by Crippen LogP contribution is -2.36. The van der Waals surface area contributed by atoms with Crippen LogP contribution in [0.15, 0.2) is 17.0 Å². The molecular weight excluding hydrogens is 323 g/mol. The Bertz CT molecular complexity index is 572. The number of nitrogens with one attached hydrogen (secondary N) is 2. The van der Waals surface area contributed by atoms with E-state index in [-0.39, 0.29) is 28.4 Å². The molecule has 1 fully saturated rings. The molecule has 0 aromatic heterocycles. The smallest absolute Gasteiger partial charge is 0.241 e. The number of hydrogen-bond donors (Lipinski definition) is 2. The predicted molar refractivity (Wildman–Crippen MR) is 81.6 cm³/mol. The second-order valence-electron chi connectivity index (χ2n) is 4.56. The number of sulfonamides is 1. The molecule has 1 aromatic carbocycles. The lowest BCUT2D eigenvalue weighted by Gasteiger charge is -2.15. The predicted octanol–water partition coefficient (Wildman–Crippen LogP) is 1.72. The molecule has 1 unspecified atom stereocenters. The van der Waals surface area contributed by atoms with Gasteiger partial charge in [-0.15, -0.1) is 12.4 Å². The van der Waals surface area contributed by atoms with Gasteiger partial charge in [0.15, 0.2) is 0 Å². The number of benzene rings is 1. The van der Waals surface area contributed by atoms with E-state index < -0.39 is 10.0 Å². The number of hydrogen-bond acceptors (Lipinski definition) is 4. The number of aryl methyl sites for hydroxylation is 1. The highest BCUT2D eigenvalue weighted by Gasteiger charge is 2.25. The van der Waals surface area contributed by atoms with Crippen molar-refractivity contribution < 1.29 is 13.2 Å². The fraction of sp³-hybridized carbons (Fsp3) is 0.500. The van der Waals surface area contributed by atoms with E-state index >= 15 is 0 Å². The zero-order chi connectivity index (χ0) is 14.0. The van der Waals surface area contributed by atoms with Gasteiger partial charge in [0.2, 0.25) is 10.0 Å². The van der Waals surface area contributed by atoms with Crippen LogP contribution in [0.1, 0.15) is 12.0 Å². The Morgan fingerprint density at radius 1 is 1.45 bits per heavy atom. The van der Waals surface area contributed by atoms with Crippen molar-refractivity contribution in [1.29, 1.82) is 0 Å². The minimum Gasteiger partial charge on any atom is -0.495 e. The minimum atomic E-state index is -3.55. The van der Waals surface area contributed by atoms with Crippen LogP contribution in [0, 0.1) is 6.92 Å². The van der Waals surface area contributed by atoms with Gasteiger partial charge in [-0.05, 0) is 37.6 Å². The summed E-state index contributed by atoms with van der Waals surface area (Å²) in [5, 5.41) is 3.41. The van der Waals surface area contributed by atoms with E-state index in [0.29, 0.717) is 17.9 Å². The SMILES string of the molecule is COc1cc(C)c(S(=O)(=O)NC2CCNC2)cc1Cl.Cl. The summed E-state index contributed by atoms with van der Waals surface area (Å²) in [6, 6.07) is 3.00. The summed E-state index contributed by atoms with van der Waals surface area (Å²) in [5.41, 5.74) is 0.611. The Balaban J connectivity index is 0.00000200. The maximum Gasteiger partial charge on any atom is 0.241 e. The van der Waals surface area contributed by atoms with E-state index in [4.69, 9.17) is 16.3 Å². The first-order valence-corrected chi connectivity index (χ1v) is 7.87. The lowest BCUT2D eigenvalue weighted by atomic mass is 10.2. The molecule has 2 rings (SSSR count). The average Bonchev–Trinajstić information content (AvgIpc) is 2.83. The number of ether oxygens (including phenoxy) is 1. The van der Waals surface area contributed by atoms with Crippen LogP contribution in [0.5, 0.6) is 5.75 Å². The largest absolute Gasteiger partial charge is 0.495 e. The topological polar surface area (TPSA) is 67.4 Å². The summed E-state index contributed by atoms with van der Waals surface area (Å²) >= 11 is 5.99. The summed E-state index contributed by atoms with van der Waals surface area (Å²) in [6.45, 7) is 3.21. The molecule has 0 saturated carbocycles. The van der Waals surface area contributed by atoms with Crippen LogP contribution in [0.2, 0.25) is 5.02 Å². The van der Waals surface area contributed by atoms with Crippen molar-refractivity contribution in [3.05, 3.63) is 22.7 Å². The van der Waals surface area contributed by atoms with Gasteiger partial charge in [-0.25, -0.2) is 13.1 Å². The second-order valence-corrected chi connectivity index (χ2v) is 6.65. The summed E-state index contributed by atoms with van der Waals surface area (Å²) in [7, 11) is -2.05. The zero-order valence-electron chi connectivity index (χ0n) is 11.3. The normalized spacial score (nSPS) is 18.6. The number of methoxy groups -OCH3 is 1. The molecule has 1 aliphatic heterocycles. The summed E-state index contributed by atoms with van der Waals surface area (Å²) in [6.07, 6.45) is 0.794. The highest BCUT2D eigenvalue weighted by atomic mass is 35.5. The highest BCUT2D eigenvalue weighted by molar-refractivity contribution is 7.89. The third-order valence-corrected chi connectivity index (χ3v) is 5.08. The minimum absolute atomic E-state index is 0. The molecule has 1 atom stereocenters. The van der Waals surface area contributed by atoms with Gasteiger partial charge >= 0.3 is 0 Å². The van der Waals surface area contributed by atoms with Crippen molar-refractivity contribution in [1.82, 2.24) is 10.0 Å². The molecule has 0 spiro atoms. The molecule has 114 valence electrons. The molecule has 1 saturated heterocycles. The van der Waals surface area contributed by atoms with Crippen LogP contribution < -0.4 is 14.8 Å². The summed E-state index contributed by atoms with van der Waals surface area (Å²) < 4.78 is 32.4. The lowest BCUT2D eigenvalue weighted by molar-refractivity contribution is 0.414. The van der Waals surface area contributed by atoms with Crippen molar-refractivity contribution >= 4 is 34.0 Å². The molecule has 8 heteroatoms. The fourth-order valence-corrected chi connectivity index (χ4v) is 3.95. The first kappa shape index (κ1) is 17.5. The summed E-state index contributed by atoms with van der Waals surface area (Å²) in [4.78, 5) is 0.199. The van der Waals surface area contributed by atoms with Crippen LogP contribution >= 0.6 is 24.0 Å². The molecule has 5 nitrogen and oxygen atoms in total. The van der Waals surface area contributed by atoms with E-state index in [1.165, 1.54) is 13.2 Å². The molecular formula is C12H18Cl2N2O3S. The van der Waals surface area contributed by atoms with Gasteiger partial charge in [0.25, 0.3) is 0 Å². The Morgan fingerprint density at radius 3 is 2.70 bits per heavy atom. The Hall–Kier alpha value is -0.530. The van der Waals surface area contributed by atoms with Gasteiger partial charge in [-0.1, -0.05) is 11.6 Å². The number of rotatable bonds is 4. The van der Waals surface area contributed by atoms with Crippen molar-refractivity contribution in [2.45, 2.75) is 24.3 Å². The van der Waals surface area contributed by atoms with E-state index in [2.05, 4.69) is 10.0 Å². The molecule has 20 heavy (non-hydrogen) atoms. The fourth-order valence-electron chi connectivity index (χ4n) is 2.12. The Kier molecular flexibility index (Phi) is 6.09. The maximum atomic E-state index is 12.3. The van der Waals surface area contributed by atoms with Gasteiger partial charge in [0.1, 0.15) is 5.75 Å². The first-order valence-electron chi connectivity index (χ1n) is 6.01. The summed E-state index contributed by atoms with van der Waals surface area (Å²) in [5.74, 6) is 0.473. The molecule has 2 N–H and O–H groups in total. The number of halogens is 2. The van der Waals surface area contributed by atoms with Gasteiger partial charge in [0, 0.05) is 12.6 Å². The van der Waals surface area contributed by atoms with Gasteiger partial charge < -0.3 is 10.1 Å². The van der Waals surface area contributed by atoms with Gasteiger partial charge in [-0.3, -0.25) is 0 Å².